The first-order chi connectivity index (χ1) is 16.4. The molecule has 3 saturated heterocycles. The Balaban J connectivity index is 1.46. The quantitative estimate of drug-likeness (QED) is 0.399. The van der Waals surface area contributed by atoms with Gasteiger partial charge in [-0.05, 0) is 120 Å². The van der Waals surface area contributed by atoms with E-state index in [0.29, 0.717) is 23.9 Å². The fourth-order valence-electron chi connectivity index (χ4n) is 8.40. The highest BCUT2D eigenvalue weighted by molar-refractivity contribution is 5.01. The van der Waals surface area contributed by atoms with Gasteiger partial charge in [0.1, 0.15) is 0 Å². The van der Waals surface area contributed by atoms with Gasteiger partial charge in [0.05, 0.1) is 0 Å². The topological polar surface area (TPSA) is 82.6 Å². The molecule has 0 spiro atoms. The van der Waals surface area contributed by atoms with Crippen LogP contribution in [0.4, 0.5) is 0 Å². The minimum atomic E-state index is 0.165. The van der Waals surface area contributed by atoms with Crippen LogP contribution in [-0.2, 0) is 0 Å². The lowest BCUT2D eigenvalue weighted by Crippen LogP contribution is -2.61. The van der Waals surface area contributed by atoms with Crippen molar-refractivity contribution in [2.24, 2.45) is 23.3 Å². The van der Waals surface area contributed by atoms with Gasteiger partial charge >= 0.3 is 0 Å². The van der Waals surface area contributed by atoms with Crippen molar-refractivity contribution in [3.8, 4) is 0 Å². The largest absolute Gasteiger partial charge is 0.327 e. The van der Waals surface area contributed by atoms with Gasteiger partial charge in [0.15, 0.2) is 0 Å². The summed E-state index contributed by atoms with van der Waals surface area (Å²) in [5.41, 5.74) is 14.3. The van der Waals surface area contributed by atoms with Crippen molar-refractivity contribution in [3.05, 3.63) is 0 Å². The maximum Gasteiger partial charge on any atom is 0.0195 e. The number of hydrogen-bond acceptors (Lipinski definition) is 6. The van der Waals surface area contributed by atoms with Gasteiger partial charge in [0.25, 0.3) is 0 Å². The normalized spacial score (nSPS) is 33.3. The van der Waals surface area contributed by atoms with Crippen LogP contribution in [0.2, 0.25) is 0 Å². The highest BCUT2D eigenvalue weighted by Gasteiger charge is 2.41. The van der Waals surface area contributed by atoms with Crippen molar-refractivity contribution < 1.29 is 0 Å². The van der Waals surface area contributed by atoms with E-state index >= 15 is 0 Å². The molecular formula is C30H62N6. The third-order valence-corrected chi connectivity index (χ3v) is 9.40. The van der Waals surface area contributed by atoms with Gasteiger partial charge in [0, 0.05) is 72.5 Å². The molecule has 0 aromatic rings. The number of hydrogen-bond donors (Lipinski definition) is 4. The zero-order chi connectivity index (χ0) is 27.1. The predicted molar refractivity (Wildman–Crippen MR) is 155 cm³/mol. The van der Waals surface area contributed by atoms with Gasteiger partial charge < -0.3 is 22.1 Å². The zero-order valence-corrected chi connectivity index (χ0v) is 25.6. The Labute approximate surface area is 224 Å². The van der Waals surface area contributed by atoms with Crippen LogP contribution in [0.1, 0.15) is 108 Å². The minimum absolute atomic E-state index is 0.165. The number of nitrogens with two attached hydrogens (primary N) is 2. The monoisotopic (exact) mass is 507 g/mol. The Morgan fingerprint density at radius 3 is 1.17 bits per heavy atom. The first-order valence-electron chi connectivity index (χ1n) is 14.9. The molecule has 0 aliphatic carbocycles. The highest BCUT2D eigenvalue weighted by atomic mass is 15.3. The number of piperidine rings is 2. The van der Waals surface area contributed by atoms with Crippen molar-refractivity contribution in [3.63, 3.8) is 0 Å². The van der Waals surface area contributed by atoms with Gasteiger partial charge in [-0.15, -0.1) is 0 Å². The van der Waals surface area contributed by atoms with Crippen molar-refractivity contribution in [2.75, 3.05) is 26.2 Å². The molecule has 212 valence electrons. The van der Waals surface area contributed by atoms with E-state index in [-0.39, 0.29) is 34.2 Å². The Hall–Kier alpha value is -0.240. The third kappa shape index (κ3) is 8.38. The van der Waals surface area contributed by atoms with Crippen molar-refractivity contribution >= 4 is 0 Å². The van der Waals surface area contributed by atoms with E-state index in [2.05, 4.69) is 89.7 Å². The summed E-state index contributed by atoms with van der Waals surface area (Å²) >= 11 is 0. The summed E-state index contributed by atoms with van der Waals surface area (Å²) in [5.74, 6) is 1.19. The summed E-state index contributed by atoms with van der Waals surface area (Å²) in [6.45, 7) is 27.9. The van der Waals surface area contributed by atoms with E-state index in [4.69, 9.17) is 11.5 Å². The van der Waals surface area contributed by atoms with E-state index in [1.54, 1.807) is 0 Å². The van der Waals surface area contributed by atoms with Crippen LogP contribution in [0.3, 0.4) is 0 Å². The predicted octanol–water partition coefficient (Wildman–Crippen LogP) is 3.93. The Morgan fingerprint density at radius 1 is 0.611 bits per heavy atom. The second-order valence-electron chi connectivity index (χ2n) is 15.7. The molecule has 6 heteroatoms. The summed E-state index contributed by atoms with van der Waals surface area (Å²) < 4.78 is 0. The Morgan fingerprint density at radius 2 is 0.889 bits per heavy atom. The Bertz CT molecular complexity index is 624. The van der Waals surface area contributed by atoms with E-state index in [0.717, 1.165) is 39.0 Å². The molecule has 0 saturated carbocycles. The van der Waals surface area contributed by atoms with Crippen molar-refractivity contribution in [1.29, 1.82) is 0 Å². The molecule has 4 atom stereocenters. The average molecular weight is 507 g/mol. The minimum Gasteiger partial charge on any atom is -0.327 e. The number of piperazine rings is 1. The average Bonchev–Trinajstić information content (AvgIpc) is 2.67. The molecule has 3 aliphatic heterocycles. The summed E-state index contributed by atoms with van der Waals surface area (Å²) in [6, 6.07) is 1.70. The molecule has 3 rings (SSSR count). The SMILES string of the molecule is CC1CN(CCC(N)C2CC(C)(C)NC(C)(C)C2)C(C)CN1CCC(N)C1CC(C)(C)NC(C)(C)C1. The maximum atomic E-state index is 6.82. The van der Waals surface area contributed by atoms with Gasteiger partial charge in [-0.1, -0.05) is 0 Å². The fraction of sp³-hybridized carbons (Fsp3) is 1.00. The summed E-state index contributed by atoms with van der Waals surface area (Å²) in [5, 5.41) is 7.61. The summed E-state index contributed by atoms with van der Waals surface area (Å²) in [6.07, 6.45) is 6.87. The molecule has 36 heavy (non-hydrogen) atoms. The smallest absolute Gasteiger partial charge is 0.0195 e. The molecule has 3 heterocycles. The molecule has 6 N–H and O–H groups in total. The van der Waals surface area contributed by atoms with Crippen LogP contribution in [0.5, 0.6) is 0 Å². The zero-order valence-electron chi connectivity index (χ0n) is 25.6. The van der Waals surface area contributed by atoms with E-state index < -0.39 is 0 Å². The molecule has 0 radical (unpaired) electrons. The van der Waals surface area contributed by atoms with Gasteiger partial charge in [-0.2, -0.15) is 0 Å². The van der Waals surface area contributed by atoms with Crippen LogP contribution in [0.15, 0.2) is 0 Å². The van der Waals surface area contributed by atoms with Crippen LogP contribution in [0, 0.1) is 11.8 Å². The fourth-order valence-corrected chi connectivity index (χ4v) is 8.40. The van der Waals surface area contributed by atoms with E-state index in [1.165, 1.54) is 25.7 Å². The lowest BCUT2D eigenvalue weighted by Gasteiger charge is -2.49. The number of nitrogens with zero attached hydrogens (tertiary/aromatic N) is 2. The van der Waals surface area contributed by atoms with Gasteiger partial charge in [-0.3, -0.25) is 9.80 Å². The van der Waals surface area contributed by atoms with Crippen LogP contribution in [-0.4, -0.2) is 82.3 Å². The molecule has 0 aromatic heterocycles. The molecular weight excluding hydrogens is 444 g/mol. The third-order valence-electron chi connectivity index (χ3n) is 9.40. The van der Waals surface area contributed by atoms with Crippen molar-refractivity contribution in [1.82, 2.24) is 20.4 Å². The lowest BCUT2D eigenvalue weighted by atomic mass is 9.72. The number of nitrogens with one attached hydrogen (secondary N) is 2. The molecule has 0 amide bonds. The van der Waals surface area contributed by atoms with Crippen LogP contribution >= 0.6 is 0 Å². The second kappa shape index (κ2) is 11.1. The van der Waals surface area contributed by atoms with Gasteiger partial charge in [-0.25, -0.2) is 0 Å². The van der Waals surface area contributed by atoms with Gasteiger partial charge in [0.2, 0.25) is 0 Å². The Kier molecular flexibility index (Phi) is 9.34. The highest BCUT2D eigenvalue weighted by Crippen LogP contribution is 2.36. The van der Waals surface area contributed by atoms with Crippen LogP contribution in [0.25, 0.3) is 0 Å². The molecule has 4 unspecified atom stereocenters. The maximum absolute atomic E-state index is 6.82. The van der Waals surface area contributed by atoms with Crippen LogP contribution < -0.4 is 22.1 Å². The first-order valence-corrected chi connectivity index (χ1v) is 14.9. The molecule has 6 nitrogen and oxygen atoms in total. The summed E-state index contributed by atoms with van der Waals surface area (Å²) in [7, 11) is 0. The van der Waals surface area contributed by atoms with E-state index in [9.17, 15) is 0 Å². The second-order valence-corrected chi connectivity index (χ2v) is 15.7. The molecule has 0 bridgehead atoms. The first kappa shape index (κ1) is 30.3. The van der Waals surface area contributed by atoms with E-state index in [1.807, 2.05) is 0 Å². The standard InChI is InChI=1S/C30H62N6/c1-21-19-36(14-12-26(32)24-17-29(7,8)34-30(9,10)18-24)22(2)20-35(21)13-11-25(31)23-15-27(3,4)33-28(5,6)16-23/h21-26,33-34H,11-20,31-32H2,1-10H3. The molecule has 3 fully saturated rings. The molecule has 0 aromatic carbocycles. The lowest BCUT2D eigenvalue weighted by molar-refractivity contribution is 0.0324. The molecule has 3 aliphatic rings. The number of rotatable bonds is 8. The summed E-state index contributed by atoms with van der Waals surface area (Å²) in [4.78, 5) is 5.38. The van der Waals surface area contributed by atoms with Crippen molar-refractivity contribution in [2.45, 2.75) is 154 Å².